The van der Waals surface area contributed by atoms with E-state index >= 15 is 0 Å². The molecule has 0 spiro atoms. The standard InChI is InChI=1S/C18H25N3S/c1-11(18(2,3)4)12-5-6-16-13(9-12)10-14(17(22)21-16)15(20)7-8-19/h7,10-12H,5-6,9,20H2,1-4H3,(H,21,22)/b15-7-. The Morgan fingerprint density at radius 1 is 1.55 bits per heavy atom. The number of rotatable bonds is 2. The molecule has 0 aromatic carbocycles. The van der Waals surface area contributed by atoms with Crippen LogP contribution < -0.4 is 5.73 Å². The predicted octanol–water partition coefficient (Wildman–Crippen LogP) is 4.35. The summed E-state index contributed by atoms with van der Waals surface area (Å²) in [5.41, 5.74) is 10.0. The van der Waals surface area contributed by atoms with Crippen molar-refractivity contribution in [1.29, 1.82) is 5.26 Å². The summed E-state index contributed by atoms with van der Waals surface area (Å²) in [4.78, 5) is 3.32. The fourth-order valence-electron chi connectivity index (χ4n) is 3.23. The van der Waals surface area contributed by atoms with E-state index in [1.165, 1.54) is 23.8 Å². The fourth-order valence-corrected chi connectivity index (χ4v) is 3.53. The topological polar surface area (TPSA) is 65.6 Å². The second-order valence-electron chi connectivity index (χ2n) is 7.40. The third kappa shape index (κ3) is 3.41. The van der Waals surface area contributed by atoms with E-state index in [1.54, 1.807) is 0 Å². The lowest BCUT2D eigenvalue weighted by molar-refractivity contribution is 0.162. The van der Waals surface area contributed by atoms with Crippen molar-refractivity contribution >= 4 is 17.9 Å². The van der Waals surface area contributed by atoms with Crippen molar-refractivity contribution in [3.8, 4) is 6.07 Å². The first-order chi connectivity index (χ1) is 10.2. The maximum Gasteiger partial charge on any atom is 0.112 e. The molecule has 0 saturated carbocycles. The van der Waals surface area contributed by atoms with E-state index in [2.05, 4.69) is 38.7 Å². The second kappa shape index (κ2) is 6.26. The lowest BCUT2D eigenvalue weighted by Gasteiger charge is -2.37. The molecule has 1 aliphatic rings. The average molecular weight is 315 g/mol. The van der Waals surface area contributed by atoms with Gasteiger partial charge in [0.05, 0.1) is 11.8 Å². The third-order valence-corrected chi connectivity index (χ3v) is 5.39. The van der Waals surface area contributed by atoms with Gasteiger partial charge in [-0.2, -0.15) is 5.26 Å². The quantitative estimate of drug-likeness (QED) is 0.629. The van der Waals surface area contributed by atoms with Crippen LogP contribution in [0, 0.1) is 33.2 Å². The van der Waals surface area contributed by atoms with Gasteiger partial charge in [-0.15, -0.1) is 0 Å². The second-order valence-corrected chi connectivity index (χ2v) is 7.81. The Morgan fingerprint density at radius 2 is 2.23 bits per heavy atom. The van der Waals surface area contributed by atoms with Crippen molar-refractivity contribution in [3.63, 3.8) is 0 Å². The van der Waals surface area contributed by atoms with E-state index in [1.807, 2.05) is 6.07 Å². The summed E-state index contributed by atoms with van der Waals surface area (Å²) < 4.78 is 0.630. The van der Waals surface area contributed by atoms with Gasteiger partial charge in [0, 0.05) is 17.3 Å². The minimum absolute atomic E-state index is 0.312. The number of nitriles is 1. The summed E-state index contributed by atoms with van der Waals surface area (Å²) in [6.45, 7) is 9.28. The highest BCUT2D eigenvalue weighted by molar-refractivity contribution is 7.71. The van der Waals surface area contributed by atoms with Crippen LogP contribution in [0.25, 0.3) is 5.70 Å². The number of allylic oxidation sites excluding steroid dienone is 1. The number of aromatic nitrogens is 1. The Bertz CT molecular complexity index is 686. The van der Waals surface area contributed by atoms with Crippen molar-refractivity contribution in [3.05, 3.63) is 33.6 Å². The maximum atomic E-state index is 8.78. The molecule has 0 saturated heterocycles. The van der Waals surface area contributed by atoms with Crippen LogP contribution in [0.2, 0.25) is 0 Å². The van der Waals surface area contributed by atoms with Crippen LogP contribution in [0.4, 0.5) is 0 Å². The van der Waals surface area contributed by atoms with E-state index in [0.29, 0.717) is 27.6 Å². The van der Waals surface area contributed by atoms with Crippen LogP contribution in [0.3, 0.4) is 0 Å². The zero-order valence-corrected chi connectivity index (χ0v) is 14.7. The first-order valence-electron chi connectivity index (χ1n) is 7.84. The van der Waals surface area contributed by atoms with Crippen molar-refractivity contribution in [2.24, 2.45) is 23.0 Å². The van der Waals surface area contributed by atoms with Crippen LogP contribution in [0.5, 0.6) is 0 Å². The lowest BCUT2D eigenvalue weighted by atomic mass is 9.69. The Morgan fingerprint density at radius 3 is 2.82 bits per heavy atom. The van der Waals surface area contributed by atoms with E-state index in [9.17, 15) is 0 Å². The zero-order chi connectivity index (χ0) is 16.5. The highest BCUT2D eigenvalue weighted by atomic mass is 32.1. The summed E-state index contributed by atoms with van der Waals surface area (Å²) in [7, 11) is 0. The van der Waals surface area contributed by atoms with E-state index in [-0.39, 0.29) is 0 Å². The van der Waals surface area contributed by atoms with Crippen LogP contribution in [0.1, 0.15) is 50.9 Å². The number of hydrogen-bond donors (Lipinski definition) is 2. The Hall–Kier alpha value is -1.60. The number of pyridine rings is 1. The number of nitrogens with one attached hydrogen (secondary N) is 1. The molecule has 4 heteroatoms. The van der Waals surface area contributed by atoms with Gasteiger partial charge >= 0.3 is 0 Å². The van der Waals surface area contributed by atoms with Gasteiger partial charge in [-0.3, -0.25) is 0 Å². The Kier molecular flexibility index (Phi) is 4.77. The molecule has 2 unspecified atom stereocenters. The number of nitrogens with two attached hydrogens (primary N) is 1. The monoisotopic (exact) mass is 315 g/mol. The van der Waals surface area contributed by atoms with Gasteiger partial charge < -0.3 is 10.7 Å². The molecule has 0 radical (unpaired) electrons. The van der Waals surface area contributed by atoms with Gasteiger partial charge in [-0.25, -0.2) is 0 Å². The SMILES string of the molecule is CC(C1CCc2[nH]c(=S)c(/C(N)=C/C#N)cc2C1)C(C)(C)C. The van der Waals surface area contributed by atoms with Crippen LogP contribution in [0.15, 0.2) is 12.1 Å². The molecular weight excluding hydrogens is 290 g/mol. The highest BCUT2D eigenvalue weighted by Crippen LogP contribution is 2.39. The number of nitrogens with zero attached hydrogens (tertiary/aromatic N) is 1. The fraction of sp³-hybridized carbons (Fsp3) is 0.556. The van der Waals surface area contributed by atoms with Gasteiger partial charge in [0.1, 0.15) is 4.64 Å². The van der Waals surface area contributed by atoms with E-state index < -0.39 is 0 Å². The number of fused-ring (bicyclic) bond motifs is 1. The molecule has 1 heterocycles. The number of aromatic amines is 1. The predicted molar refractivity (Wildman–Crippen MR) is 93.5 cm³/mol. The van der Waals surface area contributed by atoms with Gasteiger partial charge in [0.25, 0.3) is 0 Å². The molecule has 0 bridgehead atoms. The van der Waals surface area contributed by atoms with Gasteiger partial charge in [0.2, 0.25) is 0 Å². The maximum absolute atomic E-state index is 8.78. The largest absolute Gasteiger partial charge is 0.398 e. The van der Waals surface area contributed by atoms with Gasteiger partial charge in [0.15, 0.2) is 0 Å². The summed E-state index contributed by atoms with van der Waals surface area (Å²) in [6, 6.07) is 4.06. The number of hydrogen-bond acceptors (Lipinski definition) is 3. The van der Waals surface area contributed by atoms with E-state index in [0.717, 1.165) is 18.4 Å². The van der Waals surface area contributed by atoms with Crippen molar-refractivity contribution in [2.45, 2.75) is 47.0 Å². The first-order valence-corrected chi connectivity index (χ1v) is 8.25. The first kappa shape index (κ1) is 16.8. The normalized spacial score (nSPS) is 20.1. The zero-order valence-electron chi connectivity index (χ0n) is 13.9. The third-order valence-electron chi connectivity index (χ3n) is 5.07. The van der Waals surface area contributed by atoms with Crippen molar-refractivity contribution < 1.29 is 0 Å². The molecule has 22 heavy (non-hydrogen) atoms. The summed E-state index contributed by atoms with van der Waals surface area (Å²) in [5, 5.41) is 8.78. The molecule has 2 rings (SSSR count). The molecule has 118 valence electrons. The minimum atomic E-state index is 0.312. The van der Waals surface area contributed by atoms with Crippen molar-refractivity contribution in [2.75, 3.05) is 0 Å². The van der Waals surface area contributed by atoms with Crippen LogP contribution in [-0.4, -0.2) is 4.98 Å². The Labute approximate surface area is 138 Å². The number of H-pyrrole nitrogens is 1. The molecule has 1 aliphatic carbocycles. The molecule has 0 fully saturated rings. The molecule has 0 amide bonds. The highest BCUT2D eigenvalue weighted by Gasteiger charge is 2.31. The average Bonchev–Trinajstić information content (AvgIpc) is 2.44. The molecule has 2 atom stereocenters. The van der Waals surface area contributed by atoms with Crippen LogP contribution >= 0.6 is 12.2 Å². The smallest absolute Gasteiger partial charge is 0.112 e. The molecule has 3 nitrogen and oxygen atoms in total. The lowest BCUT2D eigenvalue weighted by Crippen LogP contribution is -2.30. The molecular formula is C18H25N3S. The minimum Gasteiger partial charge on any atom is -0.398 e. The molecule has 3 N–H and O–H groups in total. The molecule has 1 aromatic heterocycles. The van der Waals surface area contributed by atoms with E-state index in [4.69, 9.17) is 23.2 Å². The molecule has 1 aromatic rings. The van der Waals surface area contributed by atoms with Gasteiger partial charge in [-0.1, -0.05) is 39.9 Å². The van der Waals surface area contributed by atoms with Gasteiger partial charge in [-0.05, 0) is 48.1 Å². The molecule has 0 aliphatic heterocycles. The summed E-state index contributed by atoms with van der Waals surface area (Å²) in [6.07, 6.45) is 4.63. The Balaban J connectivity index is 2.36. The summed E-state index contributed by atoms with van der Waals surface area (Å²) in [5.74, 6) is 1.32. The van der Waals surface area contributed by atoms with Crippen molar-refractivity contribution in [1.82, 2.24) is 4.98 Å². The number of aryl methyl sites for hydroxylation is 1. The summed E-state index contributed by atoms with van der Waals surface area (Å²) >= 11 is 5.38. The van der Waals surface area contributed by atoms with Crippen LogP contribution in [-0.2, 0) is 12.8 Å².